The van der Waals surface area contributed by atoms with Crippen LogP contribution in [-0.2, 0) is 4.74 Å². The van der Waals surface area contributed by atoms with Crippen molar-refractivity contribution in [1.82, 2.24) is 9.88 Å². The Morgan fingerprint density at radius 1 is 1.60 bits per heavy atom. The van der Waals surface area contributed by atoms with Gasteiger partial charge in [0.15, 0.2) is 0 Å². The molecule has 0 radical (unpaired) electrons. The van der Waals surface area contributed by atoms with Gasteiger partial charge in [0.25, 0.3) is 0 Å². The lowest BCUT2D eigenvalue weighted by Crippen LogP contribution is -2.48. The lowest BCUT2D eigenvalue weighted by molar-refractivity contribution is -0.0416. The highest BCUT2D eigenvalue weighted by Crippen LogP contribution is 2.22. The number of pyridine rings is 1. The number of aromatic nitrogens is 1. The Bertz CT molecular complexity index is 496. The molecule has 3 N–H and O–H groups in total. The molecule has 20 heavy (non-hydrogen) atoms. The molecule has 3 rings (SSSR count). The summed E-state index contributed by atoms with van der Waals surface area (Å²) in [4.78, 5) is 7.21. The molecule has 2 fully saturated rings. The summed E-state index contributed by atoms with van der Waals surface area (Å²) in [6.07, 6.45) is 4.51. The molecule has 0 spiro atoms. The molecule has 2 unspecified atom stereocenters. The molecule has 1 aromatic heterocycles. The normalized spacial score (nSPS) is 26.2. The van der Waals surface area contributed by atoms with E-state index in [4.69, 9.17) is 22.7 Å². The van der Waals surface area contributed by atoms with Crippen LogP contribution in [0.3, 0.4) is 0 Å². The van der Waals surface area contributed by atoms with Crippen molar-refractivity contribution < 1.29 is 4.74 Å². The van der Waals surface area contributed by atoms with Crippen molar-refractivity contribution in [2.75, 3.05) is 31.6 Å². The highest BCUT2D eigenvalue weighted by Gasteiger charge is 2.31. The average Bonchev–Trinajstić information content (AvgIpc) is 2.93. The standard InChI is InChI=1S/C14H20N4OS/c15-14(20)10-3-4-16-13(6-10)17-7-12-8-18-5-1-2-11(18)9-19-12/h3-4,6,11-12H,1-2,5,7-9H2,(H2,15,20)(H,16,17). The summed E-state index contributed by atoms with van der Waals surface area (Å²) >= 11 is 4.97. The molecule has 0 saturated carbocycles. The van der Waals surface area contributed by atoms with E-state index in [9.17, 15) is 0 Å². The summed E-state index contributed by atoms with van der Waals surface area (Å²) in [7, 11) is 0. The highest BCUT2D eigenvalue weighted by atomic mass is 32.1. The second-order valence-corrected chi connectivity index (χ2v) is 5.86. The Kier molecular flexibility index (Phi) is 4.14. The summed E-state index contributed by atoms with van der Waals surface area (Å²) in [6.45, 7) is 3.83. The van der Waals surface area contributed by atoms with E-state index in [-0.39, 0.29) is 6.10 Å². The number of hydrogen-bond acceptors (Lipinski definition) is 5. The summed E-state index contributed by atoms with van der Waals surface area (Å²) < 4.78 is 5.91. The fourth-order valence-corrected chi connectivity index (χ4v) is 3.04. The lowest BCUT2D eigenvalue weighted by Gasteiger charge is -2.35. The van der Waals surface area contributed by atoms with Crippen molar-refractivity contribution in [2.24, 2.45) is 5.73 Å². The van der Waals surface area contributed by atoms with Crippen LogP contribution in [0.2, 0.25) is 0 Å². The summed E-state index contributed by atoms with van der Waals surface area (Å²) in [5, 5.41) is 3.31. The van der Waals surface area contributed by atoms with Crippen molar-refractivity contribution in [2.45, 2.75) is 25.0 Å². The molecule has 5 nitrogen and oxygen atoms in total. The van der Waals surface area contributed by atoms with Gasteiger partial charge in [-0.2, -0.15) is 0 Å². The number of hydrogen-bond donors (Lipinski definition) is 2. The van der Waals surface area contributed by atoms with Gasteiger partial charge in [-0.3, -0.25) is 4.90 Å². The van der Waals surface area contributed by atoms with Crippen molar-refractivity contribution in [3.05, 3.63) is 23.9 Å². The van der Waals surface area contributed by atoms with Crippen LogP contribution in [0.25, 0.3) is 0 Å². The third-order valence-corrected chi connectivity index (χ3v) is 4.25. The van der Waals surface area contributed by atoms with E-state index in [0.29, 0.717) is 11.0 Å². The minimum atomic E-state index is 0.222. The molecule has 2 aliphatic rings. The second kappa shape index (κ2) is 6.03. The Labute approximate surface area is 124 Å². The van der Waals surface area contributed by atoms with Gasteiger partial charge in [0.05, 0.1) is 12.7 Å². The molecule has 0 aliphatic carbocycles. The van der Waals surface area contributed by atoms with Crippen LogP contribution in [0, 0.1) is 0 Å². The van der Waals surface area contributed by atoms with Crippen LogP contribution in [0.4, 0.5) is 5.82 Å². The van der Waals surface area contributed by atoms with Gasteiger partial charge < -0.3 is 15.8 Å². The van der Waals surface area contributed by atoms with Crippen molar-refractivity contribution in [3.63, 3.8) is 0 Å². The van der Waals surface area contributed by atoms with E-state index in [1.165, 1.54) is 19.4 Å². The third-order valence-electron chi connectivity index (χ3n) is 4.02. The first-order valence-electron chi connectivity index (χ1n) is 7.08. The van der Waals surface area contributed by atoms with Gasteiger partial charge in [0, 0.05) is 30.9 Å². The summed E-state index contributed by atoms with van der Waals surface area (Å²) in [6, 6.07) is 4.34. The van der Waals surface area contributed by atoms with Crippen LogP contribution >= 0.6 is 12.2 Å². The predicted molar refractivity (Wildman–Crippen MR) is 82.9 cm³/mol. The maximum absolute atomic E-state index is 5.91. The lowest BCUT2D eigenvalue weighted by atomic mass is 10.2. The number of fused-ring (bicyclic) bond motifs is 1. The highest BCUT2D eigenvalue weighted by molar-refractivity contribution is 7.80. The molecule has 2 atom stereocenters. The zero-order chi connectivity index (χ0) is 13.9. The molecule has 3 heterocycles. The van der Waals surface area contributed by atoms with Crippen molar-refractivity contribution in [3.8, 4) is 0 Å². The Morgan fingerprint density at radius 2 is 2.50 bits per heavy atom. The SMILES string of the molecule is NC(=S)c1ccnc(NCC2CN3CCCC3CO2)c1. The molecular weight excluding hydrogens is 272 g/mol. The molecular formula is C14H20N4OS. The Balaban J connectivity index is 1.54. The van der Waals surface area contributed by atoms with Crippen molar-refractivity contribution >= 4 is 23.0 Å². The monoisotopic (exact) mass is 292 g/mol. The molecule has 1 aromatic rings. The third kappa shape index (κ3) is 3.08. The largest absolute Gasteiger partial charge is 0.389 e. The number of thiocarbonyl (C=S) groups is 1. The molecule has 0 amide bonds. The number of morpholine rings is 1. The Morgan fingerprint density at radius 3 is 3.35 bits per heavy atom. The zero-order valence-electron chi connectivity index (χ0n) is 11.4. The number of nitrogens with zero attached hydrogens (tertiary/aromatic N) is 2. The quantitative estimate of drug-likeness (QED) is 0.807. The molecule has 0 aromatic carbocycles. The fraction of sp³-hybridized carbons (Fsp3) is 0.571. The number of rotatable bonds is 4. The maximum atomic E-state index is 5.91. The Hall–Kier alpha value is -1.24. The van der Waals surface area contributed by atoms with E-state index in [2.05, 4.69) is 15.2 Å². The van der Waals surface area contributed by atoms with Gasteiger partial charge in [-0.05, 0) is 31.5 Å². The van der Waals surface area contributed by atoms with Gasteiger partial charge in [-0.15, -0.1) is 0 Å². The molecule has 2 saturated heterocycles. The van der Waals surface area contributed by atoms with Crippen LogP contribution < -0.4 is 11.1 Å². The minimum Gasteiger partial charge on any atom is -0.389 e. The first-order chi connectivity index (χ1) is 9.72. The summed E-state index contributed by atoms with van der Waals surface area (Å²) in [5.74, 6) is 0.794. The predicted octanol–water partition coefficient (Wildman–Crippen LogP) is 0.991. The first kappa shape index (κ1) is 13.7. The van der Waals surface area contributed by atoms with Gasteiger partial charge >= 0.3 is 0 Å². The van der Waals surface area contributed by atoms with E-state index >= 15 is 0 Å². The smallest absolute Gasteiger partial charge is 0.126 e. The van der Waals surface area contributed by atoms with Crippen molar-refractivity contribution in [1.29, 1.82) is 0 Å². The summed E-state index contributed by atoms with van der Waals surface area (Å²) in [5.41, 5.74) is 6.46. The van der Waals surface area contributed by atoms with Crippen LogP contribution in [0.5, 0.6) is 0 Å². The van der Waals surface area contributed by atoms with E-state index < -0.39 is 0 Å². The van der Waals surface area contributed by atoms with E-state index in [0.717, 1.165) is 31.1 Å². The second-order valence-electron chi connectivity index (χ2n) is 5.42. The first-order valence-corrected chi connectivity index (χ1v) is 7.48. The molecule has 108 valence electrons. The van der Waals surface area contributed by atoms with Crippen LogP contribution in [0.1, 0.15) is 18.4 Å². The van der Waals surface area contributed by atoms with Crippen LogP contribution in [0.15, 0.2) is 18.3 Å². The topological polar surface area (TPSA) is 63.4 Å². The number of anilines is 1. The molecule has 2 aliphatic heterocycles. The van der Waals surface area contributed by atoms with Gasteiger partial charge in [-0.25, -0.2) is 4.98 Å². The van der Waals surface area contributed by atoms with Gasteiger partial charge in [0.1, 0.15) is 10.8 Å². The van der Waals surface area contributed by atoms with E-state index in [1.54, 1.807) is 6.20 Å². The number of nitrogens with two attached hydrogens (primary N) is 1. The van der Waals surface area contributed by atoms with Gasteiger partial charge in [0.2, 0.25) is 0 Å². The fourth-order valence-electron chi connectivity index (χ4n) is 2.91. The van der Waals surface area contributed by atoms with Gasteiger partial charge in [-0.1, -0.05) is 12.2 Å². The van der Waals surface area contributed by atoms with E-state index in [1.807, 2.05) is 12.1 Å². The molecule has 0 bridgehead atoms. The number of ether oxygens (including phenoxy) is 1. The maximum Gasteiger partial charge on any atom is 0.126 e. The van der Waals surface area contributed by atoms with Crippen LogP contribution in [-0.4, -0.2) is 53.3 Å². The average molecular weight is 292 g/mol. The minimum absolute atomic E-state index is 0.222. The zero-order valence-corrected chi connectivity index (χ0v) is 12.2. The molecule has 6 heteroatoms. The number of nitrogens with one attached hydrogen (secondary N) is 1.